The van der Waals surface area contributed by atoms with Gasteiger partial charge in [0.1, 0.15) is 11.9 Å². The molecule has 1 heterocycles. The van der Waals surface area contributed by atoms with Gasteiger partial charge < -0.3 is 10.6 Å². The molecular weight excluding hydrogens is 250 g/mol. The van der Waals surface area contributed by atoms with Gasteiger partial charge in [0.05, 0.1) is 0 Å². The quantitative estimate of drug-likeness (QED) is 0.920. The smallest absolute Gasteiger partial charge is 0.346 e. The summed E-state index contributed by atoms with van der Waals surface area (Å²) < 4.78 is 0. The zero-order chi connectivity index (χ0) is 15.0. The molecule has 0 saturated carbocycles. The second-order valence-corrected chi connectivity index (χ2v) is 6.06. The highest BCUT2D eigenvalue weighted by Gasteiger charge is 2.35. The summed E-state index contributed by atoms with van der Waals surface area (Å²) in [6, 6.07) is 3.83. The number of nitrogens with two attached hydrogens (primary N) is 1. The Morgan fingerprint density at radius 1 is 1.20 bits per heavy atom. The maximum atomic E-state index is 12.0. The molecule has 1 aliphatic heterocycles. The number of carbonyl (C=O) groups is 1. The van der Waals surface area contributed by atoms with Crippen LogP contribution in [-0.4, -0.2) is 23.3 Å². The van der Waals surface area contributed by atoms with E-state index < -0.39 is 0 Å². The largest absolute Gasteiger partial charge is 0.385 e. The highest BCUT2D eigenvalue weighted by Crippen LogP contribution is 2.31. The van der Waals surface area contributed by atoms with Gasteiger partial charge >= 0.3 is 6.03 Å². The molecule has 2 amide bonds. The number of amides is 2. The number of rotatable bonds is 3. The lowest BCUT2D eigenvalue weighted by Crippen LogP contribution is -2.36. The molecule has 1 aromatic carbocycles. The molecule has 2 N–H and O–H groups in total. The van der Waals surface area contributed by atoms with Gasteiger partial charge in [-0.2, -0.15) is 4.99 Å². The van der Waals surface area contributed by atoms with E-state index in [1.165, 1.54) is 11.1 Å². The second-order valence-electron chi connectivity index (χ2n) is 6.06. The summed E-state index contributed by atoms with van der Waals surface area (Å²) in [6.45, 7) is 11.1. The summed E-state index contributed by atoms with van der Waals surface area (Å²) in [6.07, 6.45) is 0. The van der Waals surface area contributed by atoms with Crippen LogP contribution in [0.2, 0.25) is 0 Å². The lowest BCUT2D eigenvalue weighted by molar-refractivity contribution is 0.198. The Labute approximate surface area is 120 Å². The van der Waals surface area contributed by atoms with Crippen molar-refractivity contribution in [1.29, 1.82) is 0 Å². The first-order valence-electron chi connectivity index (χ1n) is 7.03. The minimum Gasteiger partial charge on any atom is -0.385 e. The summed E-state index contributed by atoms with van der Waals surface area (Å²) in [5.41, 5.74) is 10.7. The van der Waals surface area contributed by atoms with Crippen LogP contribution in [0, 0.1) is 26.7 Å². The summed E-state index contributed by atoms with van der Waals surface area (Å²) in [7, 11) is 0. The minimum atomic E-state index is -0.223. The Balaban J connectivity index is 2.46. The molecule has 2 rings (SSSR count). The number of benzene rings is 1. The molecule has 4 heteroatoms. The van der Waals surface area contributed by atoms with E-state index in [9.17, 15) is 4.79 Å². The van der Waals surface area contributed by atoms with Crippen LogP contribution in [0.4, 0.5) is 4.79 Å². The van der Waals surface area contributed by atoms with Gasteiger partial charge in [-0.3, -0.25) is 0 Å². The lowest BCUT2D eigenvalue weighted by atomic mass is 9.94. The SMILES string of the molecule is Cc1cc(C)c(C2C(N)=NC(=O)N2CC(C)C)cc1C. The van der Waals surface area contributed by atoms with Crippen LogP contribution in [-0.2, 0) is 0 Å². The molecule has 0 saturated heterocycles. The number of carbonyl (C=O) groups excluding carboxylic acids is 1. The van der Waals surface area contributed by atoms with Crippen molar-refractivity contribution in [2.24, 2.45) is 16.6 Å². The monoisotopic (exact) mass is 273 g/mol. The maximum absolute atomic E-state index is 12.0. The molecule has 1 unspecified atom stereocenters. The first-order chi connectivity index (χ1) is 9.31. The van der Waals surface area contributed by atoms with Gasteiger partial charge in [0, 0.05) is 6.54 Å². The van der Waals surface area contributed by atoms with Gasteiger partial charge in [0.2, 0.25) is 0 Å². The zero-order valence-corrected chi connectivity index (χ0v) is 12.9. The molecule has 4 nitrogen and oxygen atoms in total. The zero-order valence-electron chi connectivity index (χ0n) is 12.9. The average Bonchev–Trinajstić information content (AvgIpc) is 2.59. The molecule has 0 aliphatic carbocycles. The summed E-state index contributed by atoms with van der Waals surface area (Å²) in [5.74, 6) is 0.788. The third kappa shape index (κ3) is 2.55. The third-order valence-electron chi connectivity index (χ3n) is 3.80. The number of aryl methyl sites for hydroxylation is 3. The standard InChI is InChI=1S/C16H23N3O/c1-9(2)8-19-14(15(17)18-16(19)20)13-7-11(4)10(3)6-12(13)5/h6-7,9,14H,8H2,1-5H3,(H2,17,18,20). The summed E-state index contributed by atoms with van der Waals surface area (Å²) >= 11 is 0. The summed E-state index contributed by atoms with van der Waals surface area (Å²) in [4.78, 5) is 17.8. The van der Waals surface area contributed by atoms with Crippen LogP contribution in [0.1, 0.15) is 42.1 Å². The predicted molar refractivity (Wildman–Crippen MR) is 82.0 cm³/mol. The van der Waals surface area contributed by atoms with Crippen molar-refractivity contribution in [3.05, 3.63) is 34.4 Å². The topological polar surface area (TPSA) is 58.7 Å². The van der Waals surface area contributed by atoms with Crippen LogP contribution in [0.15, 0.2) is 17.1 Å². The minimum absolute atomic E-state index is 0.218. The molecule has 0 spiro atoms. The van der Waals surface area contributed by atoms with Crippen molar-refractivity contribution in [2.75, 3.05) is 6.54 Å². The fourth-order valence-electron chi connectivity index (χ4n) is 2.69. The van der Waals surface area contributed by atoms with Crippen molar-refractivity contribution < 1.29 is 4.79 Å². The van der Waals surface area contributed by atoms with Crippen LogP contribution in [0.5, 0.6) is 0 Å². The van der Waals surface area contributed by atoms with Crippen molar-refractivity contribution in [3.8, 4) is 0 Å². The molecule has 1 aliphatic rings. The number of aliphatic imine (C=N–C) groups is 1. The molecule has 0 bridgehead atoms. The van der Waals surface area contributed by atoms with E-state index >= 15 is 0 Å². The molecule has 0 fully saturated rings. The first kappa shape index (κ1) is 14.6. The number of nitrogens with zero attached hydrogens (tertiary/aromatic N) is 2. The molecule has 1 atom stereocenters. The van der Waals surface area contributed by atoms with E-state index in [1.807, 2.05) is 0 Å². The van der Waals surface area contributed by atoms with E-state index in [2.05, 4.69) is 51.7 Å². The molecule has 0 aromatic heterocycles. The van der Waals surface area contributed by atoms with Crippen molar-refractivity contribution in [3.63, 3.8) is 0 Å². The number of urea groups is 1. The highest BCUT2D eigenvalue weighted by molar-refractivity contribution is 6.03. The van der Waals surface area contributed by atoms with Crippen LogP contribution in [0.3, 0.4) is 0 Å². The first-order valence-corrected chi connectivity index (χ1v) is 7.03. The van der Waals surface area contributed by atoms with Gasteiger partial charge in [-0.25, -0.2) is 4.79 Å². The van der Waals surface area contributed by atoms with Gasteiger partial charge in [-0.1, -0.05) is 26.0 Å². The number of hydrogen-bond acceptors (Lipinski definition) is 2. The predicted octanol–water partition coefficient (Wildman–Crippen LogP) is 3.10. The van der Waals surface area contributed by atoms with Gasteiger partial charge in [-0.05, 0) is 48.9 Å². The van der Waals surface area contributed by atoms with E-state index in [-0.39, 0.29) is 12.1 Å². The van der Waals surface area contributed by atoms with Crippen LogP contribution >= 0.6 is 0 Å². The molecule has 20 heavy (non-hydrogen) atoms. The Morgan fingerprint density at radius 3 is 2.40 bits per heavy atom. The number of hydrogen-bond donors (Lipinski definition) is 1. The lowest BCUT2D eigenvalue weighted by Gasteiger charge is -2.27. The van der Waals surface area contributed by atoms with Gasteiger partial charge in [0.15, 0.2) is 0 Å². The fraction of sp³-hybridized carbons (Fsp3) is 0.500. The van der Waals surface area contributed by atoms with Gasteiger partial charge in [-0.15, -0.1) is 0 Å². The van der Waals surface area contributed by atoms with E-state index in [0.29, 0.717) is 18.3 Å². The van der Waals surface area contributed by atoms with Crippen molar-refractivity contribution >= 4 is 11.9 Å². The molecule has 108 valence electrons. The second kappa shape index (κ2) is 5.27. The maximum Gasteiger partial charge on any atom is 0.346 e. The van der Waals surface area contributed by atoms with Crippen LogP contribution < -0.4 is 5.73 Å². The van der Waals surface area contributed by atoms with Crippen molar-refractivity contribution in [2.45, 2.75) is 40.7 Å². The van der Waals surface area contributed by atoms with Gasteiger partial charge in [0.25, 0.3) is 0 Å². The average molecular weight is 273 g/mol. The Bertz CT molecular complexity index is 575. The van der Waals surface area contributed by atoms with E-state index in [4.69, 9.17) is 5.73 Å². The van der Waals surface area contributed by atoms with Crippen LogP contribution in [0.25, 0.3) is 0 Å². The molecule has 0 radical (unpaired) electrons. The van der Waals surface area contributed by atoms with E-state index in [1.54, 1.807) is 4.90 Å². The molecule has 1 aromatic rings. The Morgan fingerprint density at radius 2 is 1.80 bits per heavy atom. The Hall–Kier alpha value is -1.84. The fourth-order valence-corrected chi connectivity index (χ4v) is 2.69. The normalized spacial score (nSPS) is 18.9. The third-order valence-corrected chi connectivity index (χ3v) is 3.80. The van der Waals surface area contributed by atoms with E-state index in [0.717, 1.165) is 11.1 Å². The van der Waals surface area contributed by atoms with Crippen molar-refractivity contribution in [1.82, 2.24) is 4.90 Å². The summed E-state index contributed by atoms with van der Waals surface area (Å²) in [5, 5.41) is 0. The Kier molecular flexibility index (Phi) is 3.84. The molecular formula is C16H23N3O. The highest BCUT2D eigenvalue weighted by atomic mass is 16.2. The number of amidine groups is 1.